The molecular weight excluding hydrogens is 471 g/mol. The SMILES string of the molecule is COCCCc1ccc(CCc2cc(F)c(C#Cc3ccc4cc(F)c(F)cc4c3)c(F)c2)c(F)c1. The molecule has 4 rings (SSSR count). The lowest BCUT2D eigenvalue weighted by Gasteiger charge is -2.08. The van der Waals surface area contributed by atoms with Crippen LogP contribution in [0.15, 0.2) is 60.7 Å². The van der Waals surface area contributed by atoms with Gasteiger partial charge in [-0.05, 0) is 95.6 Å². The minimum atomic E-state index is -0.988. The second-order valence-corrected chi connectivity index (χ2v) is 8.53. The van der Waals surface area contributed by atoms with Crippen LogP contribution in [0.5, 0.6) is 0 Å². The topological polar surface area (TPSA) is 9.23 Å². The standard InChI is InChI=1S/C30H23F5O/c1-36-12-2-3-19-4-8-22(26(31)14-19)9-6-21-15-27(32)25(28(33)16-21)11-7-20-5-10-23-17-29(34)30(35)18-24(23)13-20/h4-5,8,10,13-18H,2-3,6,9,12H2,1H3. The predicted octanol–water partition coefficient (Wildman–Crippen LogP) is 7.30. The van der Waals surface area contributed by atoms with Crippen LogP contribution in [0.4, 0.5) is 22.0 Å². The number of aryl methyl sites for hydroxylation is 3. The zero-order valence-corrected chi connectivity index (χ0v) is 19.6. The Bertz CT molecular complexity index is 1440. The van der Waals surface area contributed by atoms with Crippen molar-refractivity contribution in [2.45, 2.75) is 25.7 Å². The van der Waals surface area contributed by atoms with Gasteiger partial charge in [-0.2, -0.15) is 0 Å². The van der Waals surface area contributed by atoms with Crippen LogP contribution in [0.3, 0.4) is 0 Å². The monoisotopic (exact) mass is 494 g/mol. The third-order valence-electron chi connectivity index (χ3n) is 5.93. The van der Waals surface area contributed by atoms with Gasteiger partial charge < -0.3 is 4.74 Å². The van der Waals surface area contributed by atoms with Crippen LogP contribution in [0, 0.1) is 40.9 Å². The molecule has 0 amide bonds. The van der Waals surface area contributed by atoms with Gasteiger partial charge in [0.2, 0.25) is 0 Å². The van der Waals surface area contributed by atoms with Crippen LogP contribution in [0.2, 0.25) is 0 Å². The summed E-state index contributed by atoms with van der Waals surface area (Å²) in [7, 11) is 1.62. The minimum Gasteiger partial charge on any atom is -0.385 e. The lowest BCUT2D eigenvalue weighted by molar-refractivity contribution is 0.195. The number of hydrogen-bond acceptors (Lipinski definition) is 1. The van der Waals surface area contributed by atoms with Gasteiger partial charge in [0.15, 0.2) is 11.6 Å². The molecule has 6 heteroatoms. The Morgan fingerprint density at radius 1 is 0.611 bits per heavy atom. The average molecular weight is 495 g/mol. The molecule has 0 aliphatic rings. The summed E-state index contributed by atoms with van der Waals surface area (Å²) < 4.78 is 75.6. The van der Waals surface area contributed by atoms with Crippen LogP contribution in [-0.4, -0.2) is 13.7 Å². The molecule has 0 N–H and O–H groups in total. The number of fused-ring (bicyclic) bond motifs is 1. The van der Waals surface area contributed by atoms with E-state index in [1.165, 1.54) is 24.3 Å². The van der Waals surface area contributed by atoms with E-state index in [2.05, 4.69) is 11.8 Å². The maximum atomic E-state index is 14.7. The molecule has 0 bridgehead atoms. The molecule has 0 aromatic heterocycles. The zero-order chi connectivity index (χ0) is 25.7. The fourth-order valence-corrected chi connectivity index (χ4v) is 3.99. The lowest BCUT2D eigenvalue weighted by Crippen LogP contribution is -2.00. The third kappa shape index (κ3) is 6.10. The van der Waals surface area contributed by atoms with E-state index >= 15 is 0 Å². The Labute approximate surface area is 206 Å². The van der Waals surface area contributed by atoms with Crippen LogP contribution in [0.1, 0.15) is 34.2 Å². The van der Waals surface area contributed by atoms with Gasteiger partial charge in [0, 0.05) is 19.3 Å². The zero-order valence-electron chi connectivity index (χ0n) is 19.6. The minimum absolute atomic E-state index is 0.258. The molecule has 1 nitrogen and oxygen atoms in total. The summed E-state index contributed by atoms with van der Waals surface area (Å²) in [5.74, 6) is 1.24. The van der Waals surface area contributed by atoms with E-state index in [1.54, 1.807) is 25.3 Å². The molecule has 0 fully saturated rings. The number of methoxy groups -OCH3 is 1. The molecule has 0 saturated heterocycles. The predicted molar refractivity (Wildman–Crippen MR) is 130 cm³/mol. The van der Waals surface area contributed by atoms with Gasteiger partial charge in [0.05, 0.1) is 5.56 Å². The Balaban J connectivity index is 1.47. The van der Waals surface area contributed by atoms with Crippen molar-refractivity contribution in [3.05, 3.63) is 118 Å². The summed E-state index contributed by atoms with van der Waals surface area (Å²) in [6, 6.07) is 14.2. The fraction of sp³-hybridized carbons (Fsp3) is 0.200. The summed E-state index contributed by atoms with van der Waals surface area (Å²) in [4.78, 5) is 0. The Hall–Kier alpha value is -3.69. The second-order valence-electron chi connectivity index (χ2n) is 8.53. The van der Waals surface area contributed by atoms with E-state index < -0.39 is 28.8 Å². The first-order valence-electron chi connectivity index (χ1n) is 11.5. The van der Waals surface area contributed by atoms with E-state index in [-0.39, 0.29) is 12.2 Å². The summed E-state index contributed by atoms with van der Waals surface area (Å²) in [5, 5.41) is 0.908. The summed E-state index contributed by atoms with van der Waals surface area (Å²) in [5.41, 5.74) is 1.75. The molecule has 0 aliphatic carbocycles. The molecule has 0 atom stereocenters. The maximum absolute atomic E-state index is 14.7. The Kier molecular flexibility index (Phi) is 8.02. The smallest absolute Gasteiger partial charge is 0.159 e. The Morgan fingerprint density at radius 2 is 1.31 bits per heavy atom. The molecule has 0 aliphatic heterocycles. The molecule has 0 spiro atoms. The highest BCUT2D eigenvalue weighted by Gasteiger charge is 2.11. The van der Waals surface area contributed by atoms with Crippen molar-refractivity contribution in [3.8, 4) is 11.8 Å². The highest BCUT2D eigenvalue weighted by Crippen LogP contribution is 2.21. The van der Waals surface area contributed by atoms with Crippen molar-refractivity contribution in [1.29, 1.82) is 0 Å². The van der Waals surface area contributed by atoms with E-state index in [4.69, 9.17) is 4.74 Å². The molecule has 4 aromatic rings. The maximum Gasteiger partial charge on any atom is 0.159 e. The third-order valence-corrected chi connectivity index (χ3v) is 5.93. The molecule has 0 saturated carbocycles. The second kappa shape index (κ2) is 11.4. The van der Waals surface area contributed by atoms with Gasteiger partial charge in [0.1, 0.15) is 17.5 Å². The first kappa shape index (κ1) is 25.4. The molecule has 0 heterocycles. The molecule has 0 unspecified atom stereocenters. The quantitative estimate of drug-likeness (QED) is 0.149. The van der Waals surface area contributed by atoms with Crippen molar-refractivity contribution in [3.63, 3.8) is 0 Å². The molecular formula is C30H23F5O. The van der Waals surface area contributed by atoms with Crippen molar-refractivity contribution in [1.82, 2.24) is 0 Å². The molecule has 4 aromatic carbocycles. The van der Waals surface area contributed by atoms with E-state index in [0.29, 0.717) is 46.9 Å². The highest BCUT2D eigenvalue weighted by atomic mass is 19.2. The first-order chi connectivity index (χ1) is 17.3. The van der Waals surface area contributed by atoms with Gasteiger partial charge in [0.25, 0.3) is 0 Å². The summed E-state index contributed by atoms with van der Waals surface area (Å²) >= 11 is 0. The molecule has 184 valence electrons. The average Bonchev–Trinajstić information content (AvgIpc) is 2.84. The van der Waals surface area contributed by atoms with Crippen molar-refractivity contribution in [2.24, 2.45) is 0 Å². The lowest BCUT2D eigenvalue weighted by atomic mass is 10.00. The largest absolute Gasteiger partial charge is 0.385 e. The summed E-state index contributed by atoms with van der Waals surface area (Å²) in [6.45, 7) is 0.602. The van der Waals surface area contributed by atoms with Crippen LogP contribution in [0.25, 0.3) is 10.8 Å². The fourth-order valence-electron chi connectivity index (χ4n) is 3.99. The Morgan fingerprint density at radius 3 is 2.00 bits per heavy atom. The number of halogens is 5. The van der Waals surface area contributed by atoms with Crippen LogP contribution >= 0.6 is 0 Å². The van der Waals surface area contributed by atoms with E-state index in [0.717, 1.165) is 24.1 Å². The molecule has 0 radical (unpaired) electrons. The highest BCUT2D eigenvalue weighted by molar-refractivity contribution is 5.84. The van der Waals surface area contributed by atoms with Crippen LogP contribution < -0.4 is 0 Å². The van der Waals surface area contributed by atoms with E-state index in [1.807, 2.05) is 6.07 Å². The number of rotatable bonds is 7. The van der Waals surface area contributed by atoms with Gasteiger partial charge >= 0.3 is 0 Å². The first-order valence-corrected chi connectivity index (χ1v) is 11.5. The number of benzene rings is 4. The normalized spacial score (nSPS) is 10.9. The van der Waals surface area contributed by atoms with Gasteiger partial charge in [-0.1, -0.05) is 30.0 Å². The van der Waals surface area contributed by atoms with Gasteiger partial charge in [-0.25, -0.2) is 22.0 Å². The van der Waals surface area contributed by atoms with Crippen molar-refractivity contribution in [2.75, 3.05) is 13.7 Å². The van der Waals surface area contributed by atoms with Crippen molar-refractivity contribution < 1.29 is 26.7 Å². The van der Waals surface area contributed by atoms with E-state index in [9.17, 15) is 22.0 Å². The number of hydrogen-bond donors (Lipinski definition) is 0. The molecule has 36 heavy (non-hydrogen) atoms. The number of ether oxygens (including phenoxy) is 1. The van der Waals surface area contributed by atoms with Gasteiger partial charge in [-0.15, -0.1) is 0 Å². The van der Waals surface area contributed by atoms with Gasteiger partial charge in [-0.3, -0.25) is 0 Å². The summed E-state index contributed by atoms with van der Waals surface area (Å²) in [6.07, 6.45) is 2.05. The van der Waals surface area contributed by atoms with Crippen molar-refractivity contribution >= 4 is 10.8 Å². The van der Waals surface area contributed by atoms with Crippen LogP contribution in [-0.2, 0) is 24.0 Å².